The molecule has 6 nitrogen and oxygen atoms in total. The van der Waals surface area contributed by atoms with Crippen molar-refractivity contribution >= 4 is 29.1 Å². The first-order chi connectivity index (χ1) is 17.0. The van der Waals surface area contributed by atoms with E-state index in [1.54, 1.807) is 11.5 Å². The molecule has 1 atom stereocenters. The number of thiazole rings is 1. The van der Waals surface area contributed by atoms with E-state index < -0.39 is 12.0 Å². The lowest BCUT2D eigenvalue weighted by molar-refractivity contribution is -0.138. The number of anilines is 1. The largest absolute Gasteiger partial charge is 0.458 e. The minimum absolute atomic E-state index is 0.0883. The summed E-state index contributed by atoms with van der Waals surface area (Å²) in [6.07, 6.45) is 3.40. The van der Waals surface area contributed by atoms with E-state index in [1.165, 1.54) is 17.4 Å². The minimum atomic E-state index is -0.614. The molecule has 0 unspecified atom stereocenters. The number of benzene rings is 2. The molecule has 0 spiro atoms. The van der Waals surface area contributed by atoms with Crippen LogP contribution in [0.25, 0.3) is 6.08 Å². The van der Waals surface area contributed by atoms with Gasteiger partial charge in [0.25, 0.3) is 5.56 Å². The lowest BCUT2D eigenvalue weighted by Crippen LogP contribution is -2.39. The normalized spacial score (nSPS) is 15.4. The van der Waals surface area contributed by atoms with Crippen LogP contribution in [-0.2, 0) is 9.53 Å². The molecule has 4 rings (SSSR count). The van der Waals surface area contributed by atoms with Gasteiger partial charge in [0.15, 0.2) is 4.80 Å². The molecular weight excluding hydrogens is 458 g/mol. The average molecular weight is 488 g/mol. The third-order valence-electron chi connectivity index (χ3n) is 6.01. The maximum Gasteiger partial charge on any atom is 0.338 e. The molecule has 0 amide bonds. The van der Waals surface area contributed by atoms with Crippen molar-refractivity contribution in [3.8, 4) is 0 Å². The lowest BCUT2D eigenvalue weighted by atomic mass is 9.96. The van der Waals surface area contributed by atoms with Gasteiger partial charge in [0, 0.05) is 18.8 Å². The van der Waals surface area contributed by atoms with Gasteiger partial charge in [-0.1, -0.05) is 66.5 Å². The third kappa shape index (κ3) is 4.91. The molecule has 0 saturated carbocycles. The highest BCUT2D eigenvalue weighted by Gasteiger charge is 2.33. The van der Waals surface area contributed by atoms with E-state index in [2.05, 4.69) is 42.5 Å². The summed E-state index contributed by atoms with van der Waals surface area (Å²) < 4.78 is 7.53. The van der Waals surface area contributed by atoms with E-state index in [0.29, 0.717) is 20.6 Å². The van der Waals surface area contributed by atoms with Crippen LogP contribution in [0.5, 0.6) is 0 Å². The fourth-order valence-corrected chi connectivity index (χ4v) is 5.31. The average Bonchev–Trinajstić information content (AvgIpc) is 3.18. The fourth-order valence-electron chi connectivity index (χ4n) is 4.27. The van der Waals surface area contributed by atoms with Crippen molar-refractivity contribution in [1.82, 2.24) is 4.57 Å². The number of hydrogen-bond donors (Lipinski definition) is 0. The highest BCUT2D eigenvalue weighted by molar-refractivity contribution is 7.07. The van der Waals surface area contributed by atoms with E-state index >= 15 is 0 Å². The molecule has 7 heteroatoms. The molecule has 0 bridgehead atoms. The first-order valence-corrected chi connectivity index (χ1v) is 12.5. The van der Waals surface area contributed by atoms with Gasteiger partial charge in [-0.25, -0.2) is 9.79 Å². The van der Waals surface area contributed by atoms with Crippen molar-refractivity contribution in [2.24, 2.45) is 4.99 Å². The third-order valence-corrected chi connectivity index (χ3v) is 6.99. The summed E-state index contributed by atoms with van der Waals surface area (Å²) in [5, 5.41) is 0. The van der Waals surface area contributed by atoms with Gasteiger partial charge in [-0.05, 0) is 50.1 Å². The Bertz CT molecular complexity index is 1430. The molecule has 0 saturated heterocycles. The van der Waals surface area contributed by atoms with Crippen LogP contribution in [0, 0.1) is 0 Å². The van der Waals surface area contributed by atoms with E-state index in [1.807, 2.05) is 48.5 Å². The zero-order valence-electron chi connectivity index (χ0n) is 20.2. The summed E-state index contributed by atoms with van der Waals surface area (Å²) >= 11 is 1.33. The van der Waals surface area contributed by atoms with Crippen molar-refractivity contribution in [2.45, 2.75) is 26.8 Å². The Morgan fingerprint density at radius 2 is 1.83 bits per heavy atom. The van der Waals surface area contributed by atoms with Crippen molar-refractivity contribution in [1.29, 1.82) is 0 Å². The van der Waals surface area contributed by atoms with E-state index in [0.717, 1.165) is 29.9 Å². The van der Waals surface area contributed by atoms with E-state index in [-0.39, 0.29) is 12.2 Å². The number of ether oxygens (including phenoxy) is 1. The van der Waals surface area contributed by atoms with Gasteiger partial charge in [0.2, 0.25) is 0 Å². The van der Waals surface area contributed by atoms with Crippen LogP contribution >= 0.6 is 11.3 Å². The fraction of sp³-hybridized carbons (Fsp3) is 0.250. The van der Waals surface area contributed by atoms with Crippen LogP contribution < -0.4 is 19.8 Å². The number of nitrogens with zero attached hydrogens (tertiary/aromatic N) is 3. The molecule has 0 radical (unpaired) electrons. The van der Waals surface area contributed by atoms with Gasteiger partial charge in [-0.15, -0.1) is 0 Å². The second kappa shape index (κ2) is 10.7. The highest BCUT2D eigenvalue weighted by Crippen LogP contribution is 2.30. The van der Waals surface area contributed by atoms with Gasteiger partial charge < -0.3 is 9.64 Å². The second-order valence-electron chi connectivity index (χ2n) is 8.14. The van der Waals surface area contributed by atoms with Crippen LogP contribution in [-0.4, -0.2) is 30.2 Å². The zero-order chi connectivity index (χ0) is 24.9. The monoisotopic (exact) mass is 487 g/mol. The molecule has 2 heterocycles. The molecule has 1 aliphatic rings. The molecule has 0 N–H and O–H groups in total. The van der Waals surface area contributed by atoms with Crippen molar-refractivity contribution in [2.75, 3.05) is 24.6 Å². The Morgan fingerprint density at radius 3 is 2.46 bits per heavy atom. The summed E-state index contributed by atoms with van der Waals surface area (Å²) in [6, 6.07) is 17.1. The van der Waals surface area contributed by atoms with Gasteiger partial charge in [-0.3, -0.25) is 9.36 Å². The first kappa shape index (κ1) is 24.4. The van der Waals surface area contributed by atoms with Crippen LogP contribution in [0.2, 0.25) is 0 Å². The number of carbonyl (C=O) groups excluding carboxylic acids is 1. The number of esters is 1. The predicted molar refractivity (Wildman–Crippen MR) is 141 cm³/mol. The van der Waals surface area contributed by atoms with E-state index in [4.69, 9.17) is 4.74 Å². The minimum Gasteiger partial charge on any atom is -0.458 e. The number of aromatic nitrogens is 1. The molecule has 2 aromatic carbocycles. The number of allylic oxidation sites excluding steroid dienone is 1. The molecule has 1 aliphatic heterocycles. The van der Waals surface area contributed by atoms with Crippen LogP contribution in [0.15, 0.2) is 88.3 Å². The molecule has 180 valence electrons. The zero-order valence-corrected chi connectivity index (χ0v) is 21.0. The first-order valence-electron chi connectivity index (χ1n) is 11.7. The van der Waals surface area contributed by atoms with Gasteiger partial charge in [0.1, 0.15) is 6.61 Å². The van der Waals surface area contributed by atoms with Gasteiger partial charge >= 0.3 is 5.97 Å². The van der Waals surface area contributed by atoms with Crippen molar-refractivity contribution in [3.05, 3.63) is 109 Å². The van der Waals surface area contributed by atoms with Gasteiger partial charge in [-0.2, -0.15) is 0 Å². The lowest BCUT2D eigenvalue weighted by Gasteiger charge is -2.24. The summed E-state index contributed by atoms with van der Waals surface area (Å²) in [5.74, 6) is -0.499. The summed E-state index contributed by atoms with van der Waals surface area (Å²) in [4.78, 5) is 34.1. The molecule has 0 aliphatic carbocycles. The molecular formula is C28H29N3O3S. The van der Waals surface area contributed by atoms with Crippen molar-refractivity contribution < 1.29 is 9.53 Å². The van der Waals surface area contributed by atoms with Crippen LogP contribution in [0.3, 0.4) is 0 Å². The maximum atomic E-state index is 13.6. The quantitative estimate of drug-likeness (QED) is 0.358. The SMILES string of the molecule is C=CCOC(=O)C1=C(C)N=c2s/c(=C\c3ccc(N(CC)CC)cc3)c(=O)n2[C@H]1c1ccccc1. The Balaban J connectivity index is 1.83. The van der Waals surface area contributed by atoms with Crippen LogP contribution in [0.1, 0.15) is 37.9 Å². The maximum absolute atomic E-state index is 13.6. The van der Waals surface area contributed by atoms with Crippen LogP contribution in [0.4, 0.5) is 5.69 Å². The predicted octanol–water partition coefficient (Wildman–Crippen LogP) is 3.81. The Kier molecular flexibility index (Phi) is 7.46. The Morgan fingerprint density at radius 1 is 1.14 bits per heavy atom. The van der Waals surface area contributed by atoms with Crippen molar-refractivity contribution in [3.63, 3.8) is 0 Å². The number of hydrogen-bond acceptors (Lipinski definition) is 6. The summed E-state index contributed by atoms with van der Waals surface area (Å²) in [5.41, 5.74) is 3.63. The molecule has 3 aromatic rings. The Labute approximate surface area is 208 Å². The number of rotatable bonds is 8. The molecule has 35 heavy (non-hydrogen) atoms. The summed E-state index contributed by atoms with van der Waals surface area (Å²) in [6.45, 7) is 11.6. The number of fused-ring (bicyclic) bond motifs is 1. The highest BCUT2D eigenvalue weighted by atomic mass is 32.1. The number of carbonyl (C=O) groups is 1. The molecule has 1 aromatic heterocycles. The second-order valence-corrected chi connectivity index (χ2v) is 9.15. The molecule has 0 fully saturated rings. The standard InChI is InChI=1S/C28H29N3O3S/c1-5-17-34-27(33)24-19(4)29-28-31(25(24)21-11-9-8-10-12-21)26(32)23(35-28)18-20-13-15-22(16-14-20)30(6-2)7-3/h5,8-16,18,25H,1,6-7,17H2,2-4H3/b23-18-/t25-/m0/s1. The topological polar surface area (TPSA) is 63.9 Å². The summed E-state index contributed by atoms with van der Waals surface area (Å²) in [7, 11) is 0. The smallest absolute Gasteiger partial charge is 0.338 e. The van der Waals surface area contributed by atoms with E-state index in [9.17, 15) is 9.59 Å². The Hall–Kier alpha value is -3.71. The van der Waals surface area contributed by atoms with Gasteiger partial charge in [0.05, 0.1) is 21.8 Å².